The first-order chi connectivity index (χ1) is 14.0. The summed E-state index contributed by atoms with van der Waals surface area (Å²) in [7, 11) is 5.64. The van der Waals surface area contributed by atoms with Gasteiger partial charge in [0.2, 0.25) is 5.91 Å². The SMILES string of the molecule is COc1cccc2sc(N(CCCN(C)C)C(=O)CSc3ccc(F)cc3)nc12.Cl. The molecule has 0 bridgehead atoms. The predicted octanol–water partition coefficient (Wildman–Crippen LogP) is 4.94. The Bertz CT molecular complexity index is 967. The standard InChI is InChI=1S/C21H24FN3O2S2.ClH/c1-24(2)12-5-13-25(19(26)14-28-16-10-8-15(22)9-11-16)21-23-20-17(27-3)6-4-7-18(20)29-21;/h4,6-11H,5,12-14H2,1-3H3;1H. The predicted molar refractivity (Wildman–Crippen MR) is 126 cm³/mol. The van der Waals surface area contributed by atoms with Crippen LogP contribution in [-0.2, 0) is 4.79 Å². The number of amides is 1. The van der Waals surface area contributed by atoms with Gasteiger partial charge in [0.05, 0.1) is 17.6 Å². The van der Waals surface area contributed by atoms with Gasteiger partial charge in [0.15, 0.2) is 5.13 Å². The number of carbonyl (C=O) groups is 1. The summed E-state index contributed by atoms with van der Waals surface area (Å²) in [6.07, 6.45) is 0.840. The highest BCUT2D eigenvalue weighted by atomic mass is 35.5. The van der Waals surface area contributed by atoms with Gasteiger partial charge in [-0.3, -0.25) is 9.69 Å². The van der Waals surface area contributed by atoms with Crippen molar-refractivity contribution in [2.24, 2.45) is 0 Å². The van der Waals surface area contributed by atoms with Gasteiger partial charge in [0.1, 0.15) is 17.1 Å². The van der Waals surface area contributed by atoms with E-state index in [2.05, 4.69) is 4.90 Å². The van der Waals surface area contributed by atoms with Crippen LogP contribution in [0.2, 0.25) is 0 Å². The van der Waals surface area contributed by atoms with Crippen molar-refractivity contribution in [1.29, 1.82) is 0 Å². The van der Waals surface area contributed by atoms with Crippen molar-refractivity contribution in [3.63, 3.8) is 0 Å². The van der Waals surface area contributed by atoms with Crippen LogP contribution in [0.4, 0.5) is 9.52 Å². The summed E-state index contributed by atoms with van der Waals surface area (Å²) < 4.78 is 19.5. The van der Waals surface area contributed by atoms with E-state index < -0.39 is 0 Å². The summed E-state index contributed by atoms with van der Waals surface area (Å²) in [6, 6.07) is 12.0. The molecule has 5 nitrogen and oxygen atoms in total. The van der Waals surface area contributed by atoms with Gasteiger partial charge in [-0.25, -0.2) is 9.37 Å². The van der Waals surface area contributed by atoms with Gasteiger partial charge < -0.3 is 9.64 Å². The van der Waals surface area contributed by atoms with Crippen LogP contribution in [0.25, 0.3) is 10.2 Å². The summed E-state index contributed by atoms with van der Waals surface area (Å²) in [5.74, 6) is 0.664. The summed E-state index contributed by atoms with van der Waals surface area (Å²) in [5.41, 5.74) is 0.770. The third-order valence-corrected chi connectivity index (χ3v) is 6.33. The van der Waals surface area contributed by atoms with Gasteiger partial charge in [-0.15, -0.1) is 24.2 Å². The molecule has 3 rings (SSSR count). The van der Waals surface area contributed by atoms with Crippen molar-refractivity contribution in [1.82, 2.24) is 9.88 Å². The lowest BCUT2D eigenvalue weighted by Crippen LogP contribution is -2.34. The van der Waals surface area contributed by atoms with E-state index in [1.165, 1.54) is 35.2 Å². The second-order valence-electron chi connectivity index (χ2n) is 6.75. The minimum Gasteiger partial charge on any atom is -0.494 e. The van der Waals surface area contributed by atoms with Crippen molar-refractivity contribution >= 4 is 56.8 Å². The number of anilines is 1. The molecule has 0 fully saturated rings. The van der Waals surface area contributed by atoms with Crippen LogP contribution in [0.15, 0.2) is 47.4 Å². The van der Waals surface area contributed by atoms with E-state index >= 15 is 0 Å². The third kappa shape index (κ3) is 6.31. The zero-order valence-electron chi connectivity index (χ0n) is 17.1. The molecule has 0 aliphatic rings. The third-order valence-electron chi connectivity index (χ3n) is 4.29. The van der Waals surface area contributed by atoms with Crippen molar-refractivity contribution in [3.8, 4) is 5.75 Å². The van der Waals surface area contributed by atoms with Crippen LogP contribution in [0, 0.1) is 5.82 Å². The zero-order chi connectivity index (χ0) is 20.8. The molecule has 1 aromatic heterocycles. The van der Waals surface area contributed by atoms with E-state index in [1.807, 2.05) is 32.3 Å². The Balaban J connectivity index is 0.00000320. The highest BCUT2D eigenvalue weighted by Crippen LogP contribution is 2.34. The number of thiazole rings is 1. The molecule has 0 atom stereocenters. The van der Waals surface area contributed by atoms with Crippen LogP contribution >= 0.6 is 35.5 Å². The molecule has 162 valence electrons. The summed E-state index contributed by atoms with van der Waals surface area (Å²) in [5, 5.41) is 0.674. The van der Waals surface area contributed by atoms with Crippen LogP contribution in [0.3, 0.4) is 0 Å². The Kier molecular flexibility index (Phi) is 9.36. The Morgan fingerprint density at radius 1 is 1.17 bits per heavy atom. The van der Waals surface area contributed by atoms with Gasteiger partial charge in [-0.1, -0.05) is 17.4 Å². The van der Waals surface area contributed by atoms with E-state index in [0.717, 1.165) is 28.1 Å². The largest absolute Gasteiger partial charge is 0.494 e. The number of halogens is 2. The van der Waals surface area contributed by atoms with Crippen LogP contribution in [0.1, 0.15) is 6.42 Å². The average Bonchev–Trinajstić information content (AvgIpc) is 3.14. The van der Waals surface area contributed by atoms with Gasteiger partial charge >= 0.3 is 0 Å². The molecule has 0 spiro atoms. The number of carbonyl (C=O) groups excluding carboxylic acids is 1. The second-order valence-corrected chi connectivity index (χ2v) is 8.81. The number of hydrogen-bond donors (Lipinski definition) is 0. The molecule has 0 unspecified atom stereocenters. The Morgan fingerprint density at radius 3 is 2.57 bits per heavy atom. The van der Waals surface area contributed by atoms with E-state index in [4.69, 9.17) is 9.72 Å². The van der Waals surface area contributed by atoms with Crippen molar-refractivity contribution in [3.05, 3.63) is 48.3 Å². The zero-order valence-corrected chi connectivity index (χ0v) is 19.6. The average molecular weight is 470 g/mol. The quantitative estimate of drug-likeness (QED) is 0.415. The molecule has 9 heteroatoms. The number of rotatable bonds is 9. The Morgan fingerprint density at radius 2 is 1.90 bits per heavy atom. The number of ether oxygens (including phenoxy) is 1. The van der Waals surface area contributed by atoms with Crippen molar-refractivity contribution in [2.75, 3.05) is 44.9 Å². The molecule has 0 saturated heterocycles. The number of nitrogens with zero attached hydrogens (tertiary/aromatic N) is 3. The fourth-order valence-electron chi connectivity index (χ4n) is 2.82. The van der Waals surface area contributed by atoms with Crippen LogP contribution < -0.4 is 9.64 Å². The first-order valence-corrected chi connectivity index (χ1v) is 11.0. The van der Waals surface area contributed by atoms with Crippen molar-refractivity contribution < 1.29 is 13.9 Å². The van der Waals surface area contributed by atoms with Gasteiger partial charge in [-0.2, -0.15) is 0 Å². The number of thioether (sulfide) groups is 1. The number of hydrogen-bond acceptors (Lipinski definition) is 6. The molecule has 2 aromatic carbocycles. The molecule has 1 amide bonds. The molecule has 0 aliphatic carbocycles. The monoisotopic (exact) mass is 469 g/mol. The van der Waals surface area contributed by atoms with Gasteiger partial charge in [-0.05, 0) is 63.5 Å². The maximum Gasteiger partial charge on any atom is 0.239 e. The van der Waals surface area contributed by atoms with Gasteiger partial charge in [0, 0.05) is 11.4 Å². The van der Waals surface area contributed by atoms with E-state index in [-0.39, 0.29) is 29.9 Å². The number of benzene rings is 2. The molecular formula is C21H25ClFN3O2S2. The molecular weight excluding hydrogens is 445 g/mol. The lowest BCUT2D eigenvalue weighted by molar-refractivity contribution is -0.116. The minimum atomic E-state index is -0.283. The smallest absolute Gasteiger partial charge is 0.239 e. The summed E-state index contributed by atoms with van der Waals surface area (Å²) in [4.78, 5) is 22.4. The van der Waals surface area contributed by atoms with Gasteiger partial charge in [0.25, 0.3) is 0 Å². The Hall–Kier alpha value is -1.87. The number of fused-ring (bicyclic) bond motifs is 1. The molecule has 3 aromatic rings. The number of aromatic nitrogens is 1. The maximum absolute atomic E-state index is 13.1. The van der Waals surface area contributed by atoms with Crippen LogP contribution in [-0.4, -0.2) is 55.8 Å². The van der Waals surface area contributed by atoms with E-state index in [9.17, 15) is 9.18 Å². The lowest BCUT2D eigenvalue weighted by atomic mass is 10.3. The maximum atomic E-state index is 13.1. The Labute approximate surface area is 190 Å². The first kappa shape index (κ1) is 24.4. The molecule has 0 aliphatic heterocycles. The lowest BCUT2D eigenvalue weighted by Gasteiger charge is -2.21. The molecule has 0 radical (unpaired) electrons. The minimum absolute atomic E-state index is 0. The summed E-state index contributed by atoms with van der Waals surface area (Å²) in [6.45, 7) is 1.46. The first-order valence-electron chi connectivity index (χ1n) is 9.25. The fourth-order valence-corrected chi connectivity index (χ4v) is 4.62. The topological polar surface area (TPSA) is 45.7 Å². The summed E-state index contributed by atoms with van der Waals surface area (Å²) >= 11 is 2.89. The fraction of sp³-hybridized carbons (Fsp3) is 0.333. The number of methoxy groups -OCH3 is 1. The normalized spacial score (nSPS) is 10.8. The number of para-hydroxylation sites is 1. The highest BCUT2D eigenvalue weighted by molar-refractivity contribution is 8.00. The second kappa shape index (κ2) is 11.5. The molecule has 30 heavy (non-hydrogen) atoms. The highest BCUT2D eigenvalue weighted by Gasteiger charge is 2.21. The molecule has 0 saturated carbocycles. The molecule has 1 heterocycles. The van der Waals surface area contributed by atoms with E-state index in [0.29, 0.717) is 17.4 Å². The van der Waals surface area contributed by atoms with E-state index in [1.54, 1.807) is 24.1 Å². The van der Waals surface area contributed by atoms with Crippen LogP contribution in [0.5, 0.6) is 5.75 Å². The molecule has 0 N–H and O–H groups in total. The van der Waals surface area contributed by atoms with Crippen molar-refractivity contribution in [2.45, 2.75) is 11.3 Å².